The highest BCUT2D eigenvalue weighted by Gasteiger charge is 2.39. The number of hydrogen-bond acceptors (Lipinski definition) is 2. The van der Waals surface area contributed by atoms with Crippen LogP contribution in [0.2, 0.25) is 5.02 Å². The van der Waals surface area contributed by atoms with Crippen molar-refractivity contribution in [1.82, 2.24) is 5.32 Å². The Labute approximate surface area is 131 Å². The predicted octanol–water partition coefficient (Wildman–Crippen LogP) is 4.38. The molecule has 0 radical (unpaired) electrons. The number of halogens is 1. The predicted molar refractivity (Wildman–Crippen MR) is 85.8 cm³/mol. The molecule has 0 aromatic heterocycles. The molecule has 1 fully saturated rings. The van der Waals surface area contributed by atoms with E-state index in [0.29, 0.717) is 10.6 Å². The van der Waals surface area contributed by atoms with Gasteiger partial charge in [-0.3, -0.25) is 4.79 Å². The van der Waals surface area contributed by atoms with Crippen LogP contribution in [0.3, 0.4) is 0 Å². The number of amides is 1. The smallest absolute Gasteiger partial charge is 0.253 e. The van der Waals surface area contributed by atoms with Crippen molar-refractivity contribution in [3.63, 3.8) is 0 Å². The summed E-state index contributed by atoms with van der Waals surface area (Å²) in [7, 11) is 0. The second-order valence-corrected chi connectivity index (χ2v) is 8.16. The second kappa shape index (κ2) is 5.53. The maximum atomic E-state index is 12.4. The lowest BCUT2D eigenvalue weighted by molar-refractivity contribution is 0.0713. The van der Waals surface area contributed by atoms with Crippen LogP contribution < -0.4 is 5.32 Å². The minimum Gasteiger partial charge on any atom is -0.508 e. The van der Waals surface area contributed by atoms with Crippen LogP contribution in [0.1, 0.15) is 57.3 Å². The van der Waals surface area contributed by atoms with Gasteiger partial charge in [-0.2, -0.15) is 0 Å². The number of nitrogens with one attached hydrogen (secondary N) is 1. The molecule has 0 bridgehead atoms. The summed E-state index contributed by atoms with van der Waals surface area (Å²) < 4.78 is 0. The van der Waals surface area contributed by atoms with Crippen molar-refractivity contribution in [2.45, 2.75) is 53.0 Å². The number of phenolic OH excluding ortho intramolecular Hbond substituents is 1. The first-order chi connectivity index (χ1) is 9.58. The van der Waals surface area contributed by atoms with Crippen LogP contribution in [-0.4, -0.2) is 17.1 Å². The maximum absolute atomic E-state index is 12.4. The molecular weight excluding hydrogens is 286 g/mol. The highest BCUT2D eigenvalue weighted by atomic mass is 35.5. The molecule has 0 atom stereocenters. The maximum Gasteiger partial charge on any atom is 0.253 e. The number of benzene rings is 1. The average molecular weight is 310 g/mol. The van der Waals surface area contributed by atoms with Gasteiger partial charge < -0.3 is 10.4 Å². The van der Waals surface area contributed by atoms with Crippen molar-refractivity contribution in [3.05, 3.63) is 28.8 Å². The zero-order valence-electron chi connectivity index (χ0n) is 13.2. The molecule has 2 rings (SSSR count). The molecule has 1 aliphatic carbocycles. The van der Waals surface area contributed by atoms with E-state index in [1.807, 2.05) is 0 Å². The van der Waals surface area contributed by atoms with E-state index < -0.39 is 0 Å². The molecule has 4 heteroatoms. The van der Waals surface area contributed by atoms with E-state index in [1.54, 1.807) is 6.07 Å². The van der Waals surface area contributed by atoms with E-state index >= 15 is 0 Å². The number of phenols is 1. The van der Waals surface area contributed by atoms with Gasteiger partial charge in [0.2, 0.25) is 0 Å². The lowest BCUT2D eigenvalue weighted by Crippen LogP contribution is -2.46. The van der Waals surface area contributed by atoms with Crippen LogP contribution >= 0.6 is 11.6 Å². The zero-order valence-corrected chi connectivity index (χ0v) is 13.9. The molecule has 1 saturated carbocycles. The standard InChI is InChI=1S/C17H24ClNO2/c1-16(2)8-11(9-17(3,4)10-16)19-15(21)13-7-12(20)5-6-14(13)18/h5-7,11,20H,8-10H2,1-4H3,(H,19,21). The topological polar surface area (TPSA) is 49.3 Å². The molecule has 21 heavy (non-hydrogen) atoms. The van der Waals surface area contributed by atoms with Gasteiger partial charge in [0.05, 0.1) is 10.6 Å². The van der Waals surface area contributed by atoms with E-state index in [9.17, 15) is 9.90 Å². The highest BCUT2D eigenvalue weighted by molar-refractivity contribution is 6.33. The van der Waals surface area contributed by atoms with Crippen LogP contribution in [0, 0.1) is 10.8 Å². The molecule has 1 aromatic carbocycles. The van der Waals surface area contributed by atoms with E-state index in [0.717, 1.165) is 19.3 Å². The van der Waals surface area contributed by atoms with Gasteiger partial charge in [0.25, 0.3) is 5.91 Å². The third-order valence-electron chi connectivity index (χ3n) is 4.08. The lowest BCUT2D eigenvalue weighted by atomic mass is 9.63. The molecule has 1 amide bonds. The highest BCUT2D eigenvalue weighted by Crippen LogP contribution is 2.45. The Hall–Kier alpha value is -1.22. The zero-order chi connectivity index (χ0) is 15.8. The molecule has 0 saturated heterocycles. The van der Waals surface area contributed by atoms with Crippen LogP contribution in [0.15, 0.2) is 18.2 Å². The number of hydrogen-bond donors (Lipinski definition) is 2. The van der Waals surface area contributed by atoms with Crippen molar-refractivity contribution in [2.75, 3.05) is 0 Å². The van der Waals surface area contributed by atoms with Gasteiger partial charge in [-0.05, 0) is 48.3 Å². The lowest BCUT2D eigenvalue weighted by Gasteiger charge is -2.45. The molecule has 0 spiro atoms. The summed E-state index contributed by atoms with van der Waals surface area (Å²) in [4.78, 5) is 12.4. The van der Waals surface area contributed by atoms with Crippen molar-refractivity contribution in [1.29, 1.82) is 0 Å². The normalized spacial score (nSPS) is 21.0. The summed E-state index contributed by atoms with van der Waals surface area (Å²) in [5.74, 6) is -0.164. The number of carbonyl (C=O) groups excluding carboxylic acids is 1. The molecule has 2 N–H and O–H groups in total. The fraction of sp³-hybridized carbons (Fsp3) is 0.588. The third kappa shape index (κ3) is 4.13. The summed E-state index contributed by atoms with van der Waals surface area (Å²) in [6.07, 6.45) is 3.07. The van der Waals surface area contributed by atoms with E-state index in [1.165, 1.54) is 12.1 Å². The molecule has 116 valence electrons. The first-order valence-electron chi connectivity index (χ1n) is 7.37. The fourth-order valence-corrected chi connectivity index (χ4v) is 4.10. The minimum absolute atomic E-state index is 0.0499. The molecule has 0 heterocycles. The SMILES string of the molecule is CC1(C)CC(NC(=O)c2cc(O)ccc2Cl)CC(C)(C)C1. The van der Waals surface area contributed by atoms with Gasteiger partial charge in [0.15, 0.2) is 0 Å². The molecule has 3 nitrogen and oxygen atoms in total. The molecular formula is C17H24ClNO2. The van der Waals surface area contributed by atoms with E-state index in [-0.39, 0.29) is 28.5 Å². The van der Waals surface area contributed by atoms with Gasteiger partial charge in [0, 0.05) is 6.04 Å². The van der Waals surface area contributed by atoms with E-state index in [2.05, 4.69) is 33.0 Å². The second-order valence-electron chi connectivity index (χ2n) is 7.75. The molecule has 1 aliphatic rings. The summed E-state index contributed by atoms with van der Waals surface area (Å²) in [6.45, 7) is 8.98. The quantitative estimate of drug-likeness (QED) is 0.851. The molecule has 0 aliphatic heterocycles. The Morgan fingerprint density at radius 3 is 2.38 bits per heavy atom. The Bertz CT molecular complexity index is 536. The van der Waals surface area contributed by atoms with Crippen molar-refractivity contribution in [3.8, 4) is 5.75 Å². The monoisotopic (exact) mass is 309 g/mol. The van der Waals surface area contributed by atoms with Gasteiger partial charge in [-0.15, -0.1) is 0 Å². The average Bonchev–Trinajstić information content (AvgIpc) is 2.27. The summed E-state index contributed by atoms with van der Waals surface area (Å²) in [5, 5.41) is 13.0. The Kier molecular flexibility index (Phi) is 4.25. The Morgan fingerprint density at radius 2 is 1.81 bits per heavy atom. The van der Waals surface area contributed by atoms with Gasteiger partial charge in [-0.1, -0.05) is 39.3 Å². The summed E-state index contributed by atoms with van der Waals surface area (Å²) in [5.41, 5.74) is 0.753. The van der Waals surface area contributed by atoms with Crippen LogP contribution in [0.25, 0.3) is 0 Å². The number of carbonyl (C=O) groups is 1. The van der Waals surface area contributed by atoms with E-state index in [4.69, 9.17) is 11.6 Å². The van der Waals surface area contributed by atoms with Crippen LogP contribution in [0.4, 0.5) is 0 Å². The Balaban J connectivity index is 2.14. The number of aromatic hydroxyl groups is 1. The largest absolute Gasteiger partial charge is 0.508 e. The van der Waals surface area contributed by atoms with Gasteiger partial charge in [-0.25, -0.2) is 0 Å². The summed E-state index contributed by atoms with van der Waals surface area (Å²) in [6, 6.07) is 4.57. The van der Waals surface area contributed by atoms with Crippen LogP contribution in [-0.2, 0) is 0 Å². The fourth-order valence-electron chi connectivity index (χ4n) is 3.90. The van der Waals surface area contributed by atoms with Crippen molar-refractivity contribution < 1.29 is 9.90 Å². The first-order valence-corrected chi connectivity index (χ1v) is 7.75. The van der Waals surface area contributed by atoms with Crippen molar-refractivity contribution in [2.24, 2.45) is 10.8 Å². The van der Waals surface area contributed by atoms with Crippen LogP contribution in [0.5, 0.6) is 5.75 Å². The first kappa shape index (κ1) is 16.2. The van der Waals surface area contributed by atoms with Gasteiger partial charge in [0.1, 0.15) is 5.75 Å². The molecule has 0 unspecified atom stereocenters. The minimum atomic E-state index is -0.214. The molecule has 1 aromatic rings. The van der Waals surface area contributed by atoms with Crippen molar-refractivity contribution >= 4 is 17.5 Å². The third-order valence-corrected chi connectivity index (χ3v) is 4.41. The van der Waals surface area contributed by atoms with Gasteiger partial charge >= 0.3 is 0 Å². The Morgan fingerprint density at radius 1 is 1.24 bits per heavy atom. The summed E-state index contributed by atoms with van der Waals surface area (Å²) >= 11 is 6.05. The number of rotatable bonds is 2.